The van der Waals surface area contributed by atoms with E-state index in [4.69, 9.17) is 4.74 Å². The van der Waals surface area contributed by atoms with Gasteiger partial charge in [0.2, 0.25) is 0 Å². The molecule has 2 N–H and O–H groups in total. The molecule has 0 atom stereocenters. The first-order chi connectivity index (χ1) is 15.1. The predicted molar refractivity (Wildman–Crippen MR) is 118 cm³/mol. The number of carbonyl (C=O) groups excluding carboxylic acids is 2. The molecule has 0 unspecified atom stereocenters. The van der Waals surface area contributed by atoms with Crippen molar-refractivity contribution in [3.05, 3.63) is 59.9 Å². The Labute approximate surface area is 182 Å². The molecule has 166 valence electrons. The van der Waals surface area contributed by atoms with Gasteiger partial charge in [-0.2, -0.15) is 0 Å². The van der Waals surface area contributed by atoms with Crippen LogP contribution in [0.2, 0.25) is 0 Å². The molecule has 1 saturated heterocycles. The van der Waals surface area contributed by atoms with Crippen molar-refractivity contribution in [1.29, 1.82) is 0 Å². The van der Waals surface area contributed by atoms with Gasteiger partial charge in [-0.1, -0.05) is 24.3 Å². The molecule has 0 saturated carbocycles. The average molecular weight is 429 g/mol. The van der Waals surface area contributed by atoms with Gasteiger partial charge in [0, 0.05) is 39.3 Å². The van der Waals surface area contributed by atoms with E-state index in [0.717, 1.165) is 50.5 Å². The van der Waals surface area contributed by atoms with Crippen LogP contribution in [0.5, 0.6) is 5.75 Å². The molecule has 2 aromatic rings. The third-order valence-electron chi connectivity index (χ3n) is 5.32. The summed E-state index contributed by atoms with van der Waals surface area (Å²) in [5.41, 5.74) is 1.53. The summed E-state index contributed by atoms with van der Waals surface area (Å²) in [6.07, 6.45) is 0.747. The van der Waals surface area contributed by atoms with Gasteiger partial charge in [0.1, 0.15) is 11.6 Å². The van der Waals surface area contributed by atoms with E-state index < -0.39 is 11.8 Å². The van der Waals surface area contributed by atoms with Crippen LogP contribution in [0.15, 0.2) is 48.5 Å². The standard InChI is InChI=1S/C23H29FN4O3/c1-31-19-9-7-18(8-10-19)17-26-23(30)22(29)25-11-4-12-27-13-15-28(16-14-27)21-6-3-2-5-20(21)24/h2-3,5-10H,4,11-17H2,1H3,(H,25,29)(H,26,30). The maximum Gasteiger partial charge on any atom is 0.309 e. The molecule has 1 aliphatic heterocycles. The molecule has 0 bridgehead atoms. The Kier molecular flexibility index (Phi) is 8.23. The summed E-state index contributed by atoms with van der Waals surface area (Å²) in [5.74, 6) is -0.724. The van der Waals surface area contributed by atoms with Crippen molar-refractivity contribution in [2.24, 2.45) is 0 Å². The summed E-state index contributed by atoms with van der Waals surface area (Å²) in [4.78, 5) is 28.2. The van der Waals surface area contributed by atoms with E-state index >= 15 is 0 Å². The summed E-state index contributed by atoms with van der Waals surface area (Å²) in [7, 11) is 1.59. The van der Waals surface area contributed by atoms with Gasteiger partial charge in [0.05, 0.1) is 12.8 Å². The zero-order valence-corrected chi connectivity index (χ0v) is 17.8. The van der Waals surface area contributed by atoms with Crippen LogP contribution in [0.1, 0.15) is 12.0 Å². The first-order valence-corrected chi connectivity index (χ1v) is 10.5. The van der Waals surface area contributed by atoms with Gasteiger partial charge in [-0.3, -0.25) is 14.5 Å². The largest absolute Gasteiger partial charge is 0.497 e. The van der Waals surface area contributed by atoms with Crippen LogP contribution in [-0.2, 0) is 16.1 Å². The molecule has 2 amide bonds. The molecule has 7 nitrogen and oxygen atoms in total. The smallest absolute Gasteiger partial charge is 0.309 e. The highest BCUT2D eigenvalue weighted by Crippen LogP contribution is 2.20. The highest BCUT2D eigenvalue weighted by molar-refractivity contribution is 6.35. The number of nitrogens with one attached hydrogen (secondary N) is 2. The van der Waals surface area contributed by atoms with Gasteiger partial charge in [-0.25, -0.2) is 4.39 Å². The highest BCUT2D eigenvalue weighted by atomic mass is 19.1. The lowest BCUT2D eigenvalue weighted by Crippen LogP contribution is -2.47. The average Bonchev–Trinajstić information content (AvgIpc) is 2.81. The fourth-order valence-corrected chi connectivity index (χ4v) is 3.51. The van der Waals surface area contributed by atoms with Crippen molar-refractivity contribution in [3.8, 4) is 5.75 Å². The minimum absolute atomic E-state index is 0.191. The van der Waals surface area contributed by atoms with E-state index in [1.54, 1.807) is 31.4 Å². The second kappa shape index (κ2) is 11.3. The van der Waals surface area contributed by atoms with Crippen molar-refractivity contribution < 1.29 is 18.7 Å². The monoisotopic (exact) mass is 428 g/mol. The van der Waals surface area contributed by atoms with Crippen LogP contribution in [0.3, 0.4) is 0 Å². The minimum Gasteiger partial charge on any atom is -0.497 e. The van der Waals surface area contributed by atoms with Crippen LogP contribution in [-0.4, -0.2) is 63.1 Å². The number of piperazine rings is 1. The van der Waals surface area contributed by atoms with Gasteiger partial charge in [-0.05, 0) is 42.8 Å². The van der Waals surface area contributed by atoms with Crippen LogP contribution in [0.25, 0.3) is 0 Å². The number of amides is 2. The number of benzene rings is 2. The van der Waals surface area contributed by atoms with E-state index in [9.17, 15) is 14.0 Å². The van der Waals surface area contributed by atoms with Crippen molar-refractivity contribution >= 4 is 17.5 Å². The molecule has 1 aliphatic rings. The van der Waals surface area contributed by atoms with Crippen molar-refractivity contribution in [3.63, 3.8) is 0 Å². The van der Waals surface area contributed by atoms with E-state index in [1.165, 1.54) is 6.07 Å². The lowest BCUT2D eigenvalue weighted by molar-refractivity contribution is -0.139. The van der Waals surface area contributed by atoms with Crippen LogP contribution < -0.4 is 20.3 Å². The van der Waals surface area contributed by atoms with E-state index in [2.05, 4.69) is 20.4 Å². The molecule has 0 radical (unpaired) electrons. The number of hydrogen-bond acceptors (Lipinski definition) is 5. The van der Waals surface area contributed by atoms with Gasteiger partial charge < -0.3 is 20.3 Å². The second-order valence-corrected chi connectivity index (χ2v) is 7.42. The zero-order valence-electron chi connectivity index (χ0n) is 17.8. The van der Waals surface area contributed by atoms with E-state index in [0.29, 0.717) is 12.2 Å². The number of carbonyl (C=O) groups is 2. The molecule has 2 aromatic carbocycles. The number of hydrogen-bond donors (Lipinski definition) is 2. The number of ether oxygens (including phenoxy) is 1. The van der Waals surface area contributed by atoms with E-state index in [-0.39, 0.29) is 12.4 Å². The van der Waals surface area contributed by atoms with Gasteiger partial charge in [0.25, 0.3) is 0 Å². The van der Waals surface area contributed by atoms with Crippen LogP contribution in [0.4, 0.5) is 10.1 Å². The Morgan fingerprint density at radius 1 is 0.968 bits per heavy atom. The lowest BCUT2D eigenvalue weighted by atomic mass is 10.2. The molecule has 8 heteroatoms. The number of nitrogens with zero attached hydrogens (tertiary/aromatic N) is 2. The number of anilines is 1. The van der Waals surface area contributed by atoms with Crippen molar-refractivity contribution in [2.45, 2.75) is 13.0 Å². The number of rotatable bonds is 8. The first-order valence-electron chi connectivity index (χ1n) is 10.5. The Hall–Kier alpha value is -3.13. The molecule has 3 rings (SSSR count). The minimum atomic E-state index is -0.644. The number of methoxy groups -OCH3 is 1. The number of halogens is 1. The maximum absolute atomic E-state index is 13.9. The molecule has 31 heavy (non-hydrogen) atoms. The summed E-state index contributed by atoms with van der Waals surface area (Å²) in [6, 6.07) is 14.1. The SMILES string of the molecule is COc1ccc(CNC(=O)C(=O)NCCCN2CCN(c3ccccc3F)CC2)cc1. The van der Waals surface area contributed by atoms with Gasteiger partial charge in [-0.15, -0.1) is 0 Å². The Bertz CT molecular complexity index is 867. The molecular weight excluding hydrogens is 399 g/mol. The first kappa shape index (κ1) is 22.6. The molecule has 1 heterocycles. The maximum atomic E-state index is 13.9. The summed E-state index contributed by atoms with van der Waals surface area (Å²) >= 11 is 0. The number of para-hydroxylation sites is 1. The summed E-state index contributed by atoms with van der Waals surface area (Å²) < 4.78 is 19.0. The van der Waals surface area contributed by atoms with Crippen LogP contribution >= 0.6 is 0 Å². The fraction of sp³-hybridized carbons (Fsp3) is 0.391. The van der Waals surface area contributed by atoms with E-state index in [1.807, 2.05) is 18.2 Å². The molecule has 1 fully saturated rings. The fourth-order valence-electron chi connectivity index (χ4n) is 3.51. The van der Waals surface area contributed by atoms with Crippen molar-refractivity contribution in [1.82, 2.24) is 15.5 Å². The van der Waals surface area contributed by atoms with Gasteiger partial charge in [0.15, 0.2) is 0 Å². The molecule has 0 spiro atoms. The van der Waals surface area contributed by atoms with Gasteiger partial charge >= 0.3 is 11.8 Å². The van der Waals surface area contributed by atoms with Crippen molar-refractivity contribution in [2.75, 3.05) is 51.3 Å². The summed E-state index contributed by atoms with van der Waals surface area (Å²) in [6.45, 7) is 4.74. The Balaban J connectivity index is 1.29. The topological polar surface area (TPSA) is 73.9 Å². The second-order valence-electron chi connectivity index (χ2n) is 7.42. The zero-order chi connectivity index (χ0) is 22.1. The Morgan fingerprint density at radius 2 is 1.65 bits per heavy atom. The highest BCUT2D eigenvalue weighted by Gasteiger charge is 2.19. The normalized spacial score (nSPS) is 14.2. The lowest BCUT2D eigenvalue weighted by Gasteiger charge is -2.36. The van der Waals surface area contributed by atoms with Crippen LogP contribution in [0, 0.1) is 5.82 Å². The predicted octanol–water partition coefficient (Wildman–Crippen LogP) is 1.78. The third-order valence-corrected chi connectivity index (χ3v) is 5.32. The molecule has 0 aromatic heterocycles. The quantitative estimate of drug-likeness (QED) is 0.495. The molecular formula is C23H29FN4O3. The Morgan fingerprint density at radius 3 is 2.32 bits per heavy atom. The summed E-state index contributed by atoms with van der Waals surface area (Å²) in [5, 5.41) is 5.27. The third kappa shape index (κ3) is 6.68. The molecule has 0 aliphatic carbocycles.